The van der Waals surface area contributed by atoms with Crippen molar-refractivity contribution in [2.75, 3.05) is 0 Å². The van der Waals surface area contributed by atoms with Crippen molar-refractivity contribution in [3.05, 3.63) is 78.2 Å². The lowest BCUT2D eigenvalue weighted by atomic mass is 10.0. The third-order valence-corrected chi connectivity index (χ3v) is 5.35. The van der Waals surface area contributed by atoms with E-state index in [-0.39, 0.29) is 0 Å². The van der Waals surface area contributed by atoms with Crippen LogP contribution < -0.4 is 0 Å². The first-order valence-electron chi connectivity index (χ1n) is 7.66. The number of hydrogen-bond acceptors (Lipinski definition) is 2. The summed E-state index contributed by atoms with van der Waals surface area (Å²) in [5, 5.41) is 8.49. The minimum absolute atomic E-state index is 1.05. The molecule has 0 saturated heterocycles. The lowest BCUT2D eigenvalue weighted by molar-refractivity contribution is 1.45. The fourth-order valence-corrected chi connectivity index (χ4v) is 4.28. The molecule has 0 radical (unpaired) electrons. The molecule has 0 atom stereocenters. The fourth-order valence-electron chi connectivity index (χ4n) is 3.25. The van der Waals surface area contributed by atoms with Crippen LogP contribution in [0.1, 0.15) is 0 Å². The third-order valence-electron chi connectivity index (χ3n) is 4.33. The Kier molecular flexibility index (Phi) is 2.73. The molecule has 23 heavy (non-hydrogen) atoms. The minimum atomic E-state index is 1.05. The molecule has 2 heteroatoms. The molecule has 3 aromatic carbocycles. The van der Waals surface area contributed by atoms with Gasteiger partial charge in [0.2, 0.25) is 0 Å². The van der Waals surface area contributed by atoms with Gasteiger partial charge in [0, 0.05) is 16.2 Å². The van der Waals surface area contributed by atoms with Crippen molar-refractivity contribution in [1.29, 1.82) is 0 Å². The summed E-state index contributed by atoms with van der Waals surface area (Å²) in [6, 6.07) is 25.5. The van der Waals surface area contributed by atoms with E-state index < -0.39 is 0 Å². The van der Waals surface area contributed by atoms with Crippen LogP contribution in [-0.4, -0.2) is 4.98 Å². The summed E-state index contributed by atoms with van der Waals surface area (Å²) in [4.78, 5) is 6.26. The Labute approximate surface area is 137 Å². The second-order valence-electron chi connectivity index (χ2n) is 5.68. The first-order valence-corrected chi connectivity index (χ1v) is 8.54. The molecule has 5 rings (SSSR count). The minimum Gasteiger partial charge on any atom is -0.246 e. The highest BCUT2D eigenvalue weighted by molar-refractivity contribution is 7.15. The van der Waals surface area contributed by atoms with Crippen LogP contribution in [0.4, 0.5) is 0 Å². The van der Waals surface area contributed by atoms with Crippen LogP contribution in [0.3, 0.4) is 0 Å². The molecule has 0 N–H and O–H groups in total. The molecule has 0 saturated carbocycles. The van der Waals surface area contributed by atoms with Gasteiger partial charge >= 0.3 is 0 Å². The van der Waals surface area contributed by atoms with Crippen molar-refractivity contribution in [3.8, 4) is 10.6 Å². The number of aromatic nitrogens is 1. The largest absolute Gasteiger partial charge is 0.246 e. The smallest absolute Gasteiger partial charge is 0.0894 e. The predicted octanol–water partition coefficient (Wildman–Crippen LogP) is 6.27. The van der Waals surface area contributed by atoms with Crippen LogP contribution >= 0.6 is 11.3 Å². The van der Waals surface area contributed by atoms with Crippen molar-refractivity contribution in [3.63, 3.8) is 0 Å². The number of benzene rings is 3. The Morgan fingerprint density at radius 3 is 2.13 bits per heavy atom. The summed E-state index contributed by atoms with van der Waals surface area (Å²) in [6.45, 7) is 0. The van der Waals surface area contributed by atoms with Gasteiger partial charge in [-0.3, -0.25) is 0 Å². The van der Waals surface area contributed by atoms with Gasteiger partial charge in [-0.25, -0.2) is 4.98 Å². The molecular formula is C21H13NS. The summed E-state index contributed by atoms with van der Waals surface area (Å²) in [6.07, 6.45) is 0. The van der Waals surface area contributed by atoms with Gasteiger partial charge in [0.25, 0.3) is 0 Å². The maximum absolute atomic E-state index is 5.01. The average Bonchev–Trinajstić information content (AvgIpc) is 3.05. The van der Waals surface area contributed by atoms with E-state index in [1.807, 2.05) is 0 Å². The van der Waals surface area contributed by atoms with Gasteiger partial charge in [0.05, 0.1) is 16.1 Å². The van der Waals surface area contributed by atoms with E-state index in [9.17, 15) is 0 Å². The molecule has 0 fully saturated rings. The lowest BCUT2D eigenvalue weighted by Gasteiger charge is -2.09. The van der Waals surface area contributed by atoms with Crippen LogP contribution in [0.25, 0.3) is 43.0 Å². The van der Waals surface area contributed by atoms with E-state index in [4.69, 9.17) is 4.98 Å². The van der Waals surface area contributed by atoms with E-state index in [1.54, 1.807) is 11.3 Å². The molecule has 0 aliphatic rings. The Morgan fingerprint density at radius 2 is 1.26 bits per heavy atom. The third kappa shape index (κ3) is 1.89. The number of thiophene rings is 1. The maximum Gasteiger partial charge on any atom is 0.0894 e. The Morgan fingerprint density at radius 1 is 0.609 bits per heavy atom. The number of fused-ring (bicyclic) bond motifs is 4. The Hall–Kier alpha value is -2.71. The zero-order valence-corrected chi connectivity index (χ0v) is 13.2. The molecule has 2 aromatic heterocycles. The van der Waals surface area contributed by atoms with E-state index >= 15 is 0 Å². The van der Waals surface area contributed by atoms with Crippen molar-refractivity contribution < 1.29 is 0 Å². The maximum atomic E-state index is 5.01. The Balaban J connectivity index is 1.97. The normalized spacial score (nSPS) is 11.5. The zero-order valence-electron chi connectivity index (χ0n) is 12.4. The summed E-state index contributed by atoms with van der Waals surface area (Å²) >= 11 is 1.78. The van der Waals surface area contributed by atoms with Gasteiger partial charge in [-0.2, -0.15) is 0 Å². The predicted molar refractivity (Wildman–Crippen MR) is 100 cm³/mol. The molecule has 0 amide bonds. The average molecular weight is 311 g/mol. The summed E-state index contributed by atoms with van der Waals surface area (Å²) in [5.74, 6) is 0. The molecule has 0 aliphatic heterocycles. The zero-order chi connectivity index (χ0) is 15.2. The SMILES string of the molecule is c1ccc2c(-c3nc4ccccc4c4ccccc34)scc2c1. The summed E-state index contributed by atoms with van der Waals surface area (Å²) in [5.41, 5.74) is 2.14. The number of nitrogens with zero attached hydrogens (tertiary/aromatic N) is 1. The second-order valence-corrected chi connectivity index (χ2v) is 6.55. The van der Waals surface area contributed by atoms with Crippen LogP contribution in [0.5, 0.6) is 0 Å². The van der Waals surface area contributed by atoms with Crippen molar-refractivity contribution in [2.24, 2.45) is 0 Å². The van der Waals surface area contributed by atoms with Crippen LogP contribution in [0, 0.1) is 0 Å². The van der Waals surface area contributed by atoms with E-state index in [0.29, 0.717) is 0 Å². The van der Waals surface area contributed by atoms with Gasteiger partial charge in [-0.1, -0.05) is 66.7 Å². The number of hydrogen-bond donors (Lipinski definition) is 0. The van der Waals surface area contributed by atoms with Crippen molar-refractivity contribution >= 4 is 43.8 Å². The molecule has 5 aromatic rings. The lowest BCUT2D eigenvalue weighted by Crippen LogP contribution is -1.88. The second kappa shape index (κ2) is 4.90. The molecule has 0 aliphatic carbocycles. The van der Waals surface area contributed by atoms with Crippen LogP contribution in [-0.2, 0) is 0 Å². The molecule has 2 heterocycles. The first kappa shape index (κ1) is 12.8. The van der Waals surface area contributed by atoms with Gasteiger partial charge in [-0.15, -0.1) is 11.3 Å². The van der Waals surface area contributed by atoms with Gasteiger partial charge in [0.15, 0.2) is 0 Å². The number of para-hydroxylation sites is 1. The van der Waals surface area contributed by atoms with Crippen LogP contribution in [0.15, 0.2) is 78.2 Å². The van der Waals surface area contributed by atoms with Gasteiger partial charge < -0.3 is 0 Å². The standard InChI is InChI=1S/C21H13NS/c1-2-8-15-14(7-1)13-23-21(15)20-18-11-4-3-9-16(18)17-10-5-6-12-19(17)22-20/h1-13H. The molecule has 108 valence electrons. The van der Waals surface area contributed by atoms with E-state index in [1.165, 1.54) is 31.8 Å². The molecular weight excluding hydrogens is 298 g/mol. The quantitative estimate of drug-likeness (QED) is 0.332. The number of rotatable bonds is 1. The first-order chi connectivity index (χ1) is 11.4. The molecule has 0 bridgehead atoms. The van der Waals surface area contributed by atoms with E-state index in [0.717, 1.165) is 11.2 Å². The highest BCUT2D eigenvalue weighted by Crippen LogP contribution is 2.39. The fraction of sp³-hybridized carbons (Fsp3) is 0. The van der Waals surface area contributed by atoms with Gasteiger partial charge in [0.1, 0.15) is 0 Å². The highest BCUT2D eigenvalue weighted by Gasteiger charge is 2.13. The summed E-state index contributed by atoms with van der Waals surface area (Å²) < 4.78 is 0. The Bertz CT molecular complexity index is 1170. The summed E-state index contributed by atoms with van der Waals surface area (Å²) in [7, 11) is 0. The van der Waals surface area contributed by atoms with E-state index in [2.05, 4.69) is 78.2 Å². The molecule has 0 spiro atoms. The highest BCUT2D eigenvalue weighted by atomic mass is 32.1. The molecule has 0 unspecified atom stereocenters. The van der Waals surface area contributed by atoms with Crippen molar-refractivity contribution in [2.45, 2.75) is 0 Å². The molecule has 1 nitrogen and oxygen atoms in total. The van der Waals surface area contributed by atoms with Gasteiger partial charge in [-0.05, 0) is 22.2 Å². The van der Waals surface area contributed by atoms with Crippen molar-refractivity contribution in [1.82, 2.24) is 4.98 Å². The topological polar surface area (TPSA) is 12.9 Å². The number of pyridine rings is 1. The monoisotopic (exact) mass is 311 g/mol. The van der Waals surface area contributed by atoms with Crippen LogP contribution in [0.2, 0.25) is 0 Å².